The van der Waals surface area contributed by atoms with Gasteiger partial charge in [-0.3, -0.25) is 0 Å². The number of benzene rings is 3. The first-order valence-electron chi connectivity index (χ1n) is 12.5. The Morgan fingerprint density at radius 3 is 1.79 bits per heavy atom. The summed E-state index contributed by atoms with van der Waals surface area (Å²) in [5, 5.41) is 0. The number of rotatable bonds is 9. The maximum Gasteiger partial charge on any atom is 0.290 e. The first kappa shape index (κ1) is 26.2. The topological polar surface area (TPSA) is 8.81 Å². The van der Waals surface area contributed by atoms with Gasteiger partial charge in [-0.15, -0.1) is 0 Å². The van der Waals surface area contributed by atoms with Crippen molar-refractivity contribution in [2.75, 3.05) is 0 Å². The summed E-state index contributed by atoms with van der Waals surface area (Å²) in [6.45, 7) is 11.1. The molecule has 0 aliphatic rings. The number of aromatic nitrogens is 2. The third-order valence-electron chi connectivity index (χ3n) is 6.55. The molecule has 34 heavy (non-hydrogen) atoms. The molecule has 0 saturated carbocycles. The Balaban J connectivity index is 0.00000324. The Hall–Kier alpha value is -2.40. The van der Waals surface area contributed by atoms with Crippen molar-refractivity contribution in [1.29, 1.82) is 0 Å². The van der Waals surface area contributed by atoms with Crippen molar-refractivity contribution in [3.63, 3.8) is 0 Å². The number of aryl methyl sites for hydroxylation is 2. The summed E-state index contributed by atoms with van der Waals surface area (Å²) in [6, 6.07) is 28.6. The van der Waals surface area contributed by atoms with Gasteiger partial charge in [0, 0.05) is 11.1 Å². The van der Waals surface area contributed by atoms with E-state index >= 15 is 0 Å². The smallest absolute Gasteiger partial charge is 0.290 e. The lowest BCUT2D eigenvalue weighted by molar-refractivity contribution is -0.675. The van der Waals surface area contributed by atoms with Crippen LogP contribution in [0, 0.1) is 13.8 Å². The largest absolute Gasteiger partial charge is 1.00 e. The Morgan fingerprint density at radius 2 is 1.24 bits per heavy atom. The van der Waals surface area contributed by atoms with Gasteiger partial charge in [-0.25, -0.2) is 9.13 Å². The van der Waals surface area contributed by atoms with Crippen molar-refractivity contribution < 1.29 is 28.5 Å². The van der Waals surface area contributed by atoms with Crippen LogP contribution in [0.25, 0.3) is 33.9 Å². The lowest BCUT2D eigenvalue weighted by atomic mass is 10.0. The average molecular weight is 565 g/mol. The second-order valence-corrected chi connectivity index (χ2v) is 9.03. The minimum atomic E-state index is 0. The van der Waals surface area contributed by atoms with Gasteiger partial charge in [0.05, 0.1) is 18.7 Å². The number of hydrogen-bond donors (Lipinski definition) is 0. The zero-order valence-electron chi connectivity index (χ0n) is 21.0. The number of hydrogen-bond acceptors (Lipinski definition) is 0. The molecular weight excluding hydrogens is 527 g/mol. The second-order valence-electron chi connectivity index (χ2n) is 9.03. The molecule has 0 fully saturated rings. The van der Waals surface area contributed by atoms with Crippen LogP contribution in [0.3, 0.4) is 0 Å². The Morgan fingerprint density at radius 1 is 0.676 bits per heavy atom. The number of imidazole rings is 1. The van der Waals surface area contributed by atoms with Gasteiger partial charge in [0.15, 0.2) is 11.4 Å². The molecular formula is C31H37IN2. The highest BCUT2D eigenvalue weighted by atomic mass is 127. The van der Waals surface area contributed by atoms with E-state index in [0.717, 1.165) is 25.9 Å². The van der Waals surface area contributed by atoms with Crippen LogP contribution < -0.4 is 28.5 Å². The molecule has 4 rings (SSSR count). The summed E-state index contributed by atoms with van der Waals surface area (Å²) < 4.78 is 5.23. The van der Waals surface area contributed by atoms with Gasteiger partial charge in [-0.05, 0) is 37.8 Å². The maximum absolute atomic E-state index is 2.62. The van der Waals surface area contributed by atoms with Crippen LogP contribution >= 0.6 is 0 Å². The summed E-state index contributed by atoms with van der Waals surface area (Å²) in [5.41, 5.74) is 9.31. The zero-order valence-corrected chi connectivity index (χ0v) is 23.2. The molecule has 178 valence electrons. The number of nitrogens with zero attached hydrogens (tertiary/aromatic N) is 2. The molecule has 0 aliphatic heterocycles. The fourth-order valence-corrected chi connectivity index (χ4v) is 4.90. The Labute approximate surface area is 222 Å². The van der Waals surface area contributed by atoms with E-state index in [1.54, 1.807) is 0 Å². The second kappa shape index (κ2) is 12.3. The van der Waals surface area contributed by atoms with Gasteiger partial charge < -0.3 is 24.0 Å². The highest BCUT2D eigenvalue weighted by Gasteiger charge is 2.34. The molecule has 3 aromatic carbocycles. The fourth-order valence-electron chi connectivity index (χ4n) is 4.90. The van der Waals surface area contributed by atoms with Crippen LogP contribution in [-0.2, 0) is 13.1 Å². The summed E-state index contributed by atoms with van der Waals surface area (Å²) in [7, 11) is 0. The van der Waals surface area contributed by atoms with E-state index in [0.29, 0.717) is 0 Å². The SMILES string of the molecule is CCCCn1c(-c2ccccc2)c(-c2ccccc2)[n+](CCCC)c1-c1c(C)cccc1C.[I-]. The van der Waals surface area contributed by atoms with E-state index in [2.05, 4.69) is 116 Å². The number of halogens is 1. The highest BCUT2D eigenvalue weighted by molar-refractivity contribution is 5.80. The molecule has 2 nitrogen and oxygen atoms in total. The normalized spacial score (nSPS) is 10.8. The third-order valence-corrected chi connectivity index (χ3v) is 6.55. The van der Waals surface area contributed by atoms with Crippen molar-refractivity contribution in [2.24, 2.45) is 0 Å². The highest BCUT2D eigenvalue weighted by Crippen LogP contribution is 2.37. The molecule has 1 aromatic heterocycles. The summed E-state index contributed by atoms with van der Waals surface area (Å²) >= 11 is 0. The summed E-state index contributed by atoms with van der Waals surface area (Å²) in [5.74, 6) is 1.35. The summed E-state index contributed by atoms with van der Waals surface area (Å²) in [6.07, 6.45) is 4.67. The van der Waals surface area contributed by atoms with Gasteiger partial charge in [0.2, 0.25) is 0 Å². The van der Waals surface area contributed by atoms with Crippen molar-refractivity contribution in [3.05, 3.63) is 90.0 Å². The van der Waals surface area contributed by atoms with E-state index in [9.17, 15) is 0 Å². The van der Waals surface area contributed by atoms with Crippen molar-refractivity contribution in [2.45, 2.75) is 66.5 Å². The molecule has 0 amide bonds. The monoisotopic (exact) mass is 564 g/mol. The van der Waals surface area contributed by atoms with E-state index in [1.165, 1.54) is 57.9 Å². The van der Waals surface area contributed by atoms with Gasteiger partial charge in [-0.2, -0.15) is 0 Å². The predicted octanol–water partition coefficient (Wildman–Crippen LogP) is 5.00. The molecule has 0 atom stereocenters. The molecule has 4 aromatic rings. The molecule has 1 heterocycles. The van der Waals surface area contributed by atoms with Crippen LogP contribution in [0.5, 0.6) is 0 Å². The van der Waals surface area contributed by atoms with E-state index in [-0.39, 0.29) is 24.0 Å². The molecule has 0 spiro atoms. The van der Waals surface area contributed by atoms with Crippen LogP contribution in [0.15, 0.2) is 78.9 Å². The minimum Gasteiger partial charge on any atom is -1.00 e. The quantitative estimate of drug-likeness (QED) is 0.200. The molecule has 0 bridgehead atoms. The zero-order chi connectivity index (χ0) is 23.2. The molecule has 0 N–H and O–H groups in total. The summed E-state index contributed by atoms with van der Waals surface area (Å²) in [4.78, 5) is 0. The van der Waals surface area contributed by atoms with Gasteiger partial charge in [0.25, 0.3) is 5.82 Å². The van der Waals surface area contributed by atoms with E-state index in [4.69, 9.17) is 0 Å². The first-order chi connectivity index (χ1) is 16.2. The van der Waals surface area contributed by atoms with Crippen molar-refractivity contribution in [1.82, 2.24) is 4.57 Å². The molecule has 0 radical (unpaired) electrons. The Bertz CT molecular complexity index is 1100. The standard InChI is InChI=1S/C31H37N2.HI/c1-5-7-22-32-29(26-18-11-9-12-19-26)30(27-20-13-10-14-21-27)33(23-8-6-2)31(32)28-24(3)16-15-17-25(28)4;/h9-21H,5-8,22-23H2,1-4H3;1H/q+1;/p-1. The number of unbranched alkanes of at least 4 members (excludes halogenated alkanes) is 2. The molecule has 0 unspecified atom stereocenters. The van der Waals surface area contributed by atoms with Crippen molar-refractivity contribution >= 4 is 0 Å². The van der Waals surface area contributed by atoms with Crippen molar-refractivity contribution in [3.8, 4) is 33.9 Å². The third kappa shape index (κ3) is 5.30. The van der Waals surface area contributed by atoms with Crippen LogP contribution in [0.1, 0.15) is 50.7 Å². The van der Waals surface area contributed by atoms with E-state index in [1.807, 2.05) is 0 Å². The molecule has 3 heteroatoms. The van der Waals surface area contributed by atoms with Gasteiger partial charge in [0.1, 0.15) is 0 Å². The molecule has 0 saturated heterocycles. The van der Waals surface area contributed by atoms with E-state index < -0.39 is 0 Å². The minimum absolute atomic E-state index is 0. The molecule has 0 aliphatic carbocycles. The van der Waals surface area contributed by atoms with Crippen LogP contribution in [0.4, 0.5) is 0 Å². The lowest BCUT2D eigenvalue weighted by Gasteiger charge is -2.11. The Kier molecular flexibility index (Phi) is 9.52. The lowest BCUT2D eigenvalue weighted by Crippen LogP contribution is -3.00. The van der Waals surface area contributed by atoms with Crippen LogP contribution in [-0.4, -0.2) is 4.57 Å². The predicted molar refractivity (Wildman–Crippen MR) is 140 cm³/mol. The average Bonchev–Trinajstić information content (AvgIpc) is 3.16. The van der Waals surface area contributed by atoms with Gasteiger partial charge in [-0.1, -0.05) is 106 Å². The maximum atomic E-state index is 2.62. The van der Waals surface area contributed by atoms with Gasteiger partial charge >= 0.3 is 0 Å². The fraction of sp³-hybridized carbons (Fsp3) is 0.323. The first-order valence-corrected chi connectivity index (χ1v) is 12.5. The van der Waals surface area contributed by atoms with Crippen LogP contribution in [0.2, 0.25) is 0 Å².